The third kappa shape index (κ3) is 8.54. The number of benzene rings is 2. The topological polar surface area (TPSA) is 219 Å². The number of rotatable bonds is 17. The molecule has 3 N–H and O–H groups in total. The van der Waals surface area contributed by atoms with E-state index in [1.54, 1.807) is 59.3 Å². The number of imidazole rings is 2. The van der Waals surface area contributed by atoms with Crippen LogP contribution in [-0.2, 0) is 45.8 Å². The van der Waals surface area contributed by atoms with E-state index < -0.39 is 31.2 Å². The molecule has 2 aromatic carbocycles. The third-order valence-electron chi connectivity index (χ3n) is 10.7. The first-order chi connectivity index (χ1) is 28.8. The Bertz CT molecular complexity index is 2830. The van der Waals surface area contributed by atoms with Crippen LogP contribution in [0.25, 0.3) is 32.4 Å². The van der Waals surface area contributed by atoms with Gasteiger partial charge in [0.15, 0.2) is 10.6 Å². The summed E-state index contributed by atoms with van der Waals surface area (Å²) < 4.78 is 79.0. The molecule has 0 unspecified atom stereocenters. The number of aryl methyl sites for hydroxylation is 2. The number of nitrogens with one attached hydrogen (secondary N) is 2. The number of aliphatic hydroxyl groups is 1. The molecule has 0 bridgehead atoms. The van der Waals surface area contributed by atoms with Crippen LogP contribution in [0.3, 0.4) is 0 Å². The van der Waals surface area contributed by atoms with Crippen molar-refractivity contribution >= 4 is 52.6 Å². The van der Waals surface area contributed by atoms with Gasteiger partial charge in [0.2, 0.25) is 30.0 Å². The van der Waals surface area contributed by atoms with E-state index in [0.29, 0.717) is 79.9 Å². The fourth-order valence-electron chi connectivity index (χ4n) is 7.08. The SMILES string of the molecule is COc1ccc(-c2c(C)nc3sc(C(C)(C)OOC4CC(CNS(=O)(=O)c5cc(-c6c(C)nc7sc(C(C)(C)O)nn67)ccc5OC)C4)nn23)cc1S(=O)(=O)NCC1COC1. The molecule has 0 amide bonds. The minimum Gasteiger partial charge on any atom is -0.495 e. The first kappa shape index (κ1) is 43.5. The van der Waals surface area contributed by atoms with E-state index in [-0.39, 0.29) is 52.3 Å². The Hall–Kier alpha value is -4.10. The molecule has 1 saturated heterocycles. The highest BCUT2D eigenvalue weighted by Crippen LogP contribution is 2.39. The summed E-state index contributed by atoms with van der Waals surface area (Å²) in [7, 11) is -5.06. The quantitative estimate of drug-likeness (QED) is 0.0815. The van der Waals surface area contributed by atoms with Gasteiger partial charge >= 0.3 is 0 Å². The molecule has 61 heavy (non-hydrogen) atoms. The number of methoxy groups -OCH3 is 2. The van der Waals surface area contributed by atoms with E-state index >= 15 is 0 Å². The summed E-state index contributed by atoms with van der Waals surface area (Å²) >= 11 is 2.60. The van der Waals surface area contributed by atoms with Crippen LogP contribution in [0.15, 0.2) is 46.2 Å². The maximum Gasteiger partial charge on any atom is 0.244 e. The van der Waals surface area contributed by atoms with E-state index in [9.17, 15) is 21.9 Å². The first-order valence-corrected chi connectivity index (χ1v) is 24.1. The maximum absolute atomic E-state index is 13.7. The summed E-state index contributed by atoms with van der Waals surface area (Å²) in [5.74, 6) is 0.538. The van der Waals surface area contributed by atoms with Crippen LogP contribution in [0, 0.1) is 25.7 Å². The summed E-state index contributed by atoms with van der Waals surface area (Å²) in [6.07, 6.45) is 0.858. The minimum atomic E-state index is -4.01. The molecule has 2 aliphatic rings. The second-order valence-electron chi connectivity index (χ2n) is 16.3. The standard InChI is InChI=1S/C39H48N8O10S4/c1-21-32(46-36(42-21)58-34(44-46)38(3,4)48)25-9-11-28(53-7)30(15-25)60(49,50)40-17-23-13-27(14-23)56-57-39(5,6)35-45-47-33(22(2)43-37(47)59-35)26-10-12-29(54-8)31(16-26)61(51,52)41-18-24-19-55-20-24/h9-12,15-16,23-24,27,40-41,48H,13-14,17-20H2,1-8H3. The van der Waals surface area contributed by atoms with E-state index in [1.165, 1.54) is 36.9 Å². The van der Waals surface area contributed by atoms with Crippen LogP contribution in [0.4, 0.5) is 0 Å². The molecule has 1 aliphatic carbocycles. The lowest BCUT2D eigenvalue weighted by Crippen LogP contribution is -2.40. The van der Waals surface area contributed by atoms with Crippen LogP contribution in [-0.4, -0.2) is 97.8 Å². The molecule has 5 heterocycles. The molecule has 8 rings (SSSR count). The summed E-state index contributed by atoms with van der Waals surface area (Å²) in [6, 6.07) is 9.87. The van der Waals surface area contributed by atoms with Gasteiger partial charge in [0.1, 0.15) is 31.9 Å². The summed E-state index contributed by atoms with van der Waals surface area (Å²) in [6.45, 7) is 12.1. The number of fused-ring (bicyclic) bond motifs is 2. The summed E-state index contributed by atoms with van der Waals surface area (Å²) in [5.41, 5.74) is 1.62. The number of ether oxygens (including phenoxy) is 3. The number of hydrogen-bond donors (Lipinski definition) is 3. The van der Waals surface area contributed by atoms with E-state index in [0.717, 1.165) is 0 Å². The van der Waals surface area contributed by atoms with Gasteiger partial charge < -0.3 is 19.3 Å². The number of hydrogen-bond acceptors (Lipinski definition) is 16. The maximum atomic E-state index is 13.7. The highest BCUT2D eigenvalue weighted by molar-refractivity contribution is 7.90. The lowest BCUT2D eigenvalue weighted by molar-refractivity contribution is -0.395. The predicted octanol–water partition coefficient (Wildman–Crippen LogP) is 4.96. The summed E-state index contributed by atoms with van der Waals surface area (Å²) in [5, 5.41) is 21.0. The third-order valence-corrected chi connectivity index (χ3v) is 16.0. The molecule has 6 aromatic rings. The monoisotopic (exact) mass is 916 g/mol. The van der Waals surface area contributed by atoms with Gasteiger partial charge in [0.05, 0.1) is 56.3 Å². The molecule has 1 saturated carbocycles. The van der Waals surface area contributed by atoms with Crippen molar-refractivity contribution in [3.63, 3.8) is 0 Å². The van der Waals surface area contributed by atoms with Gasteiger partial charge in [0, 0.05) is 30.1 Å². The fraction of sp³-hybridized carbons (Fsp3) is 0.487. The Balaban J connectivity index is 0.904. The lowest BCUT2D eigenvalue weighted by atomic mass is 9.83. The molecular weight excluding hydrogens is 869 g/mol. The van der Waals surface area contributed by atoms with E-state index in [2.05, 4.69) is 19.5 Å². The second-order valence-corrected chi connectivity index (χ2v) is 21.7. The van der Waals surface area contributed by atoms with Crippen LogP contribution >= 0.6 is 22.7 Å². The van der Waals surface area contributed by atoms with Gasteiger partial charge in [0.25, 0.3) is 0 Å². The van der Waals surface area contributed by atoms with Crippen LogP contribution in [0.5, 0.6) is 11.5 Å². The van der Waals surface area contributed by atoms with E-state index in [4.69, 9.17) is 34.1 Å². The zero-order chi connectivity index (χ0) is 43.6. The predicted molar refractivity (Wildman–Crippen MR) is 227 cm³/mol. The minimum absolute atomic E-state index is 0.00180. The van der Waals surface area contributed by atoms with Crippen LogP contribution in [0.2, 0.25) is 0 Å². The molecule has 0 atom stereocenters. The van der Waals surface area contributed by atoms with Crippen LogP contribution in [0.1, 0.15) is 61.9 Å². The normalized spacial score (nSPS) is 17.9. The molecule has 22 heteroatoms. The molecule has 328 valence electrons. The molecule has 0 radical (unpaired) electrons. The van der Waals surface area contributed by atoms with Gasteiger partial charge in [-0.15, -0.1) is 0 Å². The van der Waals surface area contributed by atoms with E-state index in [1.807, 2.05) is 27.7 Å². The molecule has 0 spiro atoms. The van der Waals surface area contributed by atoms with Crippen LogP contribution < -0.4 is 18.9 Å². The summed E-state index contributed by atoms with van der Waals surface area (Å²) in [4.78, 5) is 22.3. The molecule has 2 fully saturated rings. The fourth-order valence-corrected chi connectivity index (χ4v) is 11.6. The van der Waals surface area contributed by atoms with Crippen molar-refractivity contribution in [2.45, 2.75) is 81.5 Å². The van der Waals surface area contributed by atoms with Gasteiger partial charge in [-0.3, -0.25) is 0 Å². The number of aromatic nitrogens is 6. The molecule has 4 aromatic heterocycles. The smallest absolute Gasteiger partial charge is 0.244 e. The van der Waals surface area contributed by atoms with Gasteiger partial charge in [-0.1, -0.05) is 22.7 Å². The van der Waals surface area contributed by atoms with Crippen molar-refractivity contribution in [1.82, 2.24) is 38.6 Å². The lowest BCUT2D eigenvalue weighted by Gasteiger charge is -2.35. The van der Waals surface area contributed by atoms with Crippen molar-refractivity contribution < 1.29 is 45.9 Å². The van der Waals surface area contributed by atoms with Crippen molar-refractivity contribution in [3.05, 3.63) is 57.8 Å². The number of nitrogens with zero attached hydrogens (tertiary/aromatic N) is 6. The largest absolute Gasteiger partial charge is 0.495 e. The average Bonchev–Trinajstić information content (AvgIpc) is 3.92. The van der Waals surface area contributed by atoms with Crippen molar-refractivity contribution in [3.8, 4) is 34.0 Å². The molecule has 18 nitrogen and oxygen atoms in total. The molecule has 1 aliphatic heterocycles. The van der Waals surface area contributed by atoms with Crippen molar-refractivity contribution in [2.75, 3.05) is 40.5 Å². The highest BCUT2D eigenvalue weighted by Gasteiger charge is 2.37. The number of sulfonamides is 2. The Morgan fingerprint density at radius 2 is 1.25 bits per heavy atom. The zero-order valence-corrected chi connectivity index (χ0v) is 38.1. The van der Waals surface area contributed by atoms with Gasteiger partial charge in [-0.2, -0.15) is 10.2 Å². The highest BCUT2D eigenvalue weighted by atomic mass is 32.2. The van der Waals surface area contributed by atoms with Crippen molar-refractivity contribution in [1.29, 1.82) is 0 Å². The van der Waals surface area contributed by atoms with Gasteiger partial charge in [-0.05, 0) is 96.7 Å². The Kier molecular flexibility index (Phi) is 11.6. The molecular formula is C39H48N8O10S4. The first-order valence-electron chi connectivity index (χ1n) is 19.5. The average molecular weight is 917 g/mol. The Labute approximate surface area is 361 Å². The van der Waals surface area contributed by atoms with Crippen molar-refractivity contribution in [2.24, 2.45) is 11.8 Å². The Morgan fingerprint density at radius 3 is 1.70 bits per heavy atom. The Morgan fingerprint density at radius 1 is 0.770 bits per heavy atom. The van der Waals surface area contributed by atoms with Gasteiger partial charge in [-0.25, -0.2) is 55.1 Å². The zero-order valence-electron chi connectivity index (χ0n) is 34.9. The second kappa shape index (κ2) is 16.2.